The maximum atomic E-state index is 13.7. The first-order valence-corrected chi connectivity index (χ1v) is 6.43. The van der Waals surface area contributed by atoms with Crippen molar-refractivity contribution in [3.63, 3.8) is 0 Å². The first-order chi connectivity index (χ1) is 9.29. The zero-order chi connectivity index (χ0) is 13.5. The van der Waals surface area contributed by atoms with Crippen molar-refractivity contribution >= 4 is 0 Å². The van der Waals surface area contributed by atoms with Crippen molar-refractivity contribution < 1.29 is 19.0 Å². The molecule has 1 heterocycles. The molecule has 0 aromatic heterocycles. The Labute approximate surface area is 112 Å². The number of hydrogen-bond donors (Lipinski definition) is 1. The summed E-state index contributed by atoms with van der Waals surface area (Å²) in [6, 6.07) is 4.57. The van der Waals surface area contributed by atoms with Crippen LogP contribution in [0, 0.1) is 17.7 Å². The van der Waals surface area contributed by atoms with Crippen molar-refractivity contribution in [2.24, 2.45) is 0 Å². The smallest absolute Gasteiger partial charge is 0.165 e. The maximum Gasteiger partial charge on any atom is 0.165 e. The van der Waals surface area contributed by atoms with Gasteiger partial charge >= 0.3 is 0 Å². The van der Waals surface area contributed by atoms with E-state index >= 15 is 0 Å². The third-order valence-corrected chi connectivity index (χ3v) is 2.86. The zero-order valence-electron chi connectivity index (χ0n) is 10.7. The summed E-state index contributed by atoms with van der Waals surface area (Å²) in [6.07, 6.45) is 1.97. The lowest BCUT2D eigenvalue weighted by molar-refractivity contribution is 0.0240. The van der Waals surface area contributed by atoms with Gasteiger partial charge in [-0.3, -0.25) is 0 Å². The van der Waals surface area contributed by atoms with Crippen molar-refractivity contribution in [3.05, 3.63) is 29.6 Å². The molecule has 3 nitrogen and oxygen atoms in total. The number of halogens is 1. The molecule has 4 heteroatoms. The fourth-order valence-electron chi connectivity index (χ4n) is 1.87. The number of rotatable bonds is 3. The number of benzene rings is 1. The molecular formula is C15H17FO3. The number of aliphatic hydroxyl groups excluding tert-OH is 1. The Morgan fingerprint density at radius 2 is 2.16 bits per heavy atom. The zero-order valence-corrected chi connectivity index (χ0v) is 10.7. The maximum absolute atomic E-state index is 13.7. The molecule has 1 aliphatic heterocycles. The van der Waals surface area contributed by atoms with Gasteiger partial charge in [0.2, 0.25) is 0 Å². The van der Waals surface area contributed by atoms with Crippen LogP contribution in [0.2, 0.25) is 0 Å². The molecule has 1 aromatic rings. The Morgan fingerprint density at radius 1 is 1.37 bits per heavy atom. The molecule has 0 amide bonds. The molecule has 1 N–H and O–H groups in total. The lowest BCUT2D eigenvalue weighted by Crippen LogP contribution is -2.26. The van der Waals surface area contributed by atoms with Gasteiger partial charge in [0.05, 0.1) is 19.8 Å². The van der Waals surface area contributed by atoms with Crippen LogP contribution in [0.25, 0.3) is 0 Å². The second-order valence-electron chi connectivity index (χ2n) is 4.35. The van der Waals surface area contributed by atoms with Crippen molar-refractivity contribution in [1.29, 1.82) is 0 Å². The number of aliphatic hydroxyl groups is 1. The van der Waals surface area contributed by atoms with Crippen LogP contribution in [0.3, 0.4) is 0 Å². The van der Waals surface area contributed by atoms with Gasteiger partial charge in [-0.25, -0.2) is 4.39 Å². The monoisotopic (exact) mass is 264 g/mol. The SMILES string of the molecule is OCCC#Cc1ccc(F)c(OC2CCOCC2)c1. The van der Waals surface area contributed by atoms with E-state index < -0.39 is 0 Å². The molecule has 1 aliphatic rings. The minimum absolute atomic E-state index is 0.00361. The molecule has 2 rings (SSSR count). The minimum Gasteiger partial charge on any atom is -0.487 e. The first kappa shape index (κ1) is 13.9. The molecular weight excluding hydrogens is 247 g/mol. The summed E-state index contributed by atoms with van der Waals surface area (Å²) in [6.45, 7) is 1.34. The highest BCUT2D eigenvalue weighted by Gasteiger charge is 2.17. The van der Waals surface area contributed by atoms with Crippen LogP contribution in [0.1, 0.15) is 24.8 Å². The summed E-state index contributed by atoms with van der Waals surface area (Å²) >= 11 is 0. The molecule has 0 spiro atoms. The average molecular weight is 264 g/mol. The number of hydrogen-bond acceptors (Lipinski definition) is 3. The lowest BCUT2D eigenvalue weighted by atomic mass is 10.1. The first-order valence-electron chi connectivity index (χ1n) is 6.43. The highest BCUT2D eigenvalue weighted by atomic mass is 19.1. The molecule has 1 saturated heterocycles. The summed E-state index contributed by atoms with van der Waals surface area (Å²) < 4.78 is 24.6. The predicted octanol–water partition coefficient (Wildman–Crippen LogP) is 2.12. The minimum atomic E-state index is -0.376. The van der Waals surface area contributed by atoms with Gasteiger partial charge in [-0.05, 0) is 18.2 Å². The van der Waals surface area contributed by atoms with E-state index in [9.17, 15) is 4.39 Å². The molecule has 0 unspecified atom stereocenters. The Hall–Kier alpha value is -1.57. The molecule has 1 fully saturated rings. The summed E-state index contributed by atoms with van der Waals surface area (Å²) in [4.78, 5) is 0. The average Bonchev–Trinajstić information content (AvgIpc) is 2.44. The van der Waals surface area contributed by atoms with Gasteiger partial charge in [0.1, 0.15) is 6.10 Å². The van der Waals surface area contributed by atoms with Crippen LogP contribution in [-0.4, -0.2) is 31.0 Å². The third kappa shape index (κ3) is 4.23. The summed E-state index contributed by atoms with van der Waals surface area (Å²) in [5.41, 5.74) is 0.692. The van der Waals surface area contributed by atoms with Gasteiger partial charge in [0.25, 0.3) is 0 Å². The van der Waals surface area contributed by atoms with E-state index in [4.69, 9.17) is 14.6 Å². The second-order valence-corrected chi connectivity index (χ2v) is 4.35. The van der Waals surface area contributed by atoms with Crippen LogP contribution >= 0.6 is 0 Å². The van der Waals surface area contributed by atoms with E-state index in [1.54, 1.807) is 12.1 Å². The fourth-order valence-corrected chi connectivity index (χ4v) is 1.87. The lowest BCUT2D eigenvalue weighted by Gasteiger charge is -2.23. The van der Waals surface area contributed by atoms with Crippen LogP contribution in [0.4, 0.5) is 4.39 Å². The van der Waals surface area contributed by atoms with Crippen LogP contribution in [0.15, 0.2) is 18.2 Å². The topological polar surface area (TPSA) is 38.7 Å². The van der Waals surface area contributed by atoms with Gasteiger partial charge in [-0.2, -0.15) is 0 Å². The predicted molar refractivity (Wildman–Crippen MR) is 69.4 cm³/mol. The van der Waals surface area contributed by atoms with E-state index in [2.05, 4.69) is 11.8 Å². The Bertz CT molecular complexity index is 470. The molecule has 19 heavy (non-hydrogen) atoms. The van der Waals surface area contributed by atoms with E-state index in [1.807, 2.05) is 0 Å². The molecule has 0 atom stereocenters. The third-order valence-electron chi connectivity index (χ3n) is 2.86. The quantitative estimate of drug-likeness (QED) is 0.850. The van der Waals surface area contributed by atoms with E-state index in [0.717, 1.165) is 12.8 Å². The Kier molecular flexibility index (Phi) is 5.20. The Morgan fingerprint density at radius 3 is 2.89 bits per heavy atom. The fraction of sp³-hybridized carbons (Fsp3) is 0.467. The van der Waals surface area contributed by atoms with E-state index in [1.165, 1.54) is 6.07 Å². The molecule has 102 valence electrons. The second kappa shape index (κ2) is 7.13. The van der Waals surface area contributed by atoms with E-state index in [0.29, 0.717) is 25.2 Å². The Balaban J connectivity index is 2.06. The van der Waals surface area contributed by atoms with Gasteiger partial charge in [0.15, 0.2) is 11.6 Å². The van der Waals surface area contributed by atoms with Crippen LogP contribution in [0.5, 0.6) is 5.75 Å². The summed E-state index contributed by atoms with van der Waals surface area (Å²) in [5.74, 6) is 5.54. The summed E-state index contributed by atoms with van der Waals surface area (Å²) in [7, 11) is 0. The van der Waals surface area contributed by atoms with Crippen molar-refractivity contribution in [1.82, 2.24) is 0 Å². The summed E-state index contributed by atoms with van der Waals surface area (Å²) in [5, 5.41) is 8.66. The highest BCUT2D eigenvalue weighted by molar-refractivity contribution is 5.40. The van der Waals surface area contributed by atoms with Gasteiger partial charge in [-0.1, -0.05) is 11.8 Å². The number of ether oxygens (including phenoxy) is 2. The van der Waals surface area contributed by atoms with Crippen molar-refractivity contribution in [2.45, 2.75) is 25.4 Å². The highest BCUT2D eigenvalue weighted by Crippen LogP contribution is 2.22. The molecule has 0 saturated carbocycles. The van der Waals surface area contributed by atoms with Gasteiger partial charge in [0, 0.05) is 24.8 Å². The molecule has 0 radical (unpaired) electrons. The molecule has 1 aromatic carbocycles. The normalized spacial score (nSPS) is 15.7. The van der Waals surface area contributed by atoms with Gasteiger partial charge < -0.3 is 14.6 Å². The van der Waals surface area contributed by atoms with Crippen LogP contribution in [-0.2, 0) is 4.74 Å². The van der Waals surface area contributed by atoms with Gasteiger partial charge in [-0.15, -0.1) is 0 Å². The van der Waals surface area contributed by atoms with Crippen molar-refractivity contribution in [2.75, 3.05) is 19.8 Å². The molecule has 0 aliphatic carbocycles. The van der Waals surface area contributed by atoms with Crippen molar-refractivity contribution in [3.8, 4) is 17.6 Å². The standard InChI is InChI=1S/C15H17FO3/c16-14-5-4-12(3-1-2-8-17)11-15(14)19-13-6-9-18-10-7-13/h4-5,11,13,17H,2,6-10H2. The molecule has 0 bridgehead atoms. The van der Waals surface area contributed by atoms with Crippen LogP contribution < -0.4 is 4.74 Å². The largest absolute Gasteiger partial charge is 0.487 e. The van der Waals surface area contributed by atoms with E-state index in [-0.39, 0.29) is 24.3 Å².